The van der Waals surface area contributed by atoms with Crippen LogP contribution >= 0.6 is 0 Å². The van der Waals surface area contributed by atoms with Gasteiger partial charge in [-0.15, -0.1) is 0 Å². The average molecular weight is 461 g/mol. The quantitative estimate of drug-likeness (QED) is 0.579. The number of hydrogen-bond donors (Lipinski definition) is 0. The van der Waals surface area contributed by atoms with E-state index in [1.807, 2.05) is 29.4 Å². The van der Waals surface area contributed by atoms with Crippen LogP contribution in [0.5, 0.6) is 0 Å². The summed E-state index contributed by atoms with van der Waals surface area (Å²) in [6.07, 6.45) is 4.61. The lowest BCUT2D eigenvalue weighted by Gasteiger charge is -2.27. The number of benzene rings is 1. The maximum Gasteiger partial charge on any atom is 0.225 e. The first-order chi connectivity index (χ1) is 16.6. The molecule has 0 N–H and O–H groups in total. The Bertz CT molecular complexity index is 1130. The van der Waals surface area contributed by atoms with E-state index in [0.29, 0.717) is 19.1 Å². The Kier molecular flexibility index (Phi) is 6.97. The summed E-state index contributed by atoms with van der Waals surface area (Å²) in [5, 5.41) is 1.16. The second-order valence-electron chi connectivity index (χ2n) is 9.25. The van der Waals surface area contributed by atoms with Crippen molar-refractivity contribution in [3.8, 4) is 0 Å². The monoisotopic (exact) mass is 460 g/mol. The highest BCUT2D eigenvalue weighted by atomic mass is 16.5. The maximum absolute atomic E-state index is 12.3. The Morgan fingerprint density at radius 3 is 2.76 bits per heavy atom. The molecule has 0 unspecified atom stereocenters. The van der Waals surface area contributed by atoms with Gasteiger partial charge in [0, 0.05) is 70.5 Å². The van der Waals surface area contributed by atoms with Gasteiger partial charge < -0.3 is 14.5 Å². The number of carbonyl (C=O) groups excluding carboxylic acids is 1. The summed E-state index contributed by atoms with van der Waals surface area (Å²) in [7, 11) is 0. The molecule has 1 aromatic carbocycles. The van der Waals surface area contributed by atoms with Crippen molar-refractivity contribution in [2.24, 2.45) is 5.92 Å². The summed E-state index contributed by atoms with van der Waals surface area (Å²) in [5.41, 5.74) is 3.31. The number of aromatic nitrogens is 3. The lowest BCUT2D eigenvalue weighted by Crippen LogP contribution is -2.37. The number of carbonyl (C=O) groups is 1. The minimum absolute atomic E-state index is 0.145. The number of nitrogens with zero attached hydrogens (tertiary/aromatic N) is 6. The van der Waals surface area contributed by atoms with Crippen LogP contribution in [-0.2, 0) is 22.5 Å². The highest BCUT2D eigenvalue weighted by Gasteiger charge is 2.25. The molecule has 3 aromatic rings. The lowest BCUT2D eigenvalue weighted by molar-refractivity contribution is -0.129. The molecule has 1 amide bonds. The SMILES string of the molecule is CC(=O)N1CCN(Cc2ccnc(N3CCOCC3)n2)C[C@@H](Cc2ccc3ncccc3c2)C1. The fourth-order valence-electron chi connectivity index (χ4n) is 4.94. The fraction of sp³-hybridized carbons (Fsp3) is 0.462. The van der Waals surface area contributed by atoms with Crippen molar-refractivity contribution in [1.29, 1.82) is 0 Å². The topological polar surface area (TPSA) is 74.7 Å². The zero-order valence-electron chi connectivity index (χ0n) is 19.8. The Balaban J connectivity index is 1.31. The van der Waals surface area contributed by atoms with Crippen molar-refractivity contribution in [2.75, 3.05) is 57.4 Å². The van der Waals surface area contributed by atoms with Crippen molar-refractivity contribution in [1.82, 2.24) is 24.8 Å². The normalized spacial score (nSPS) is 19.9. The molecule has 0 radical (unpaired) electrons. The summed E-state index contributed by atoms with van der Waals surface area (Å²) in [6.45, 7) is 8.79. The van der Waals surface area contributed by atoms with Crippen LogP contribution in [0.4, 0.5) is 5.95 Å². The molecule has 2 saturated heterocycles. The fourth-order valence-corrected chi connectivity index (χ4v) is 4.94. The van der Waals surface area contributed by atoms with Gasteiger partial charge in [0.1, 0.15) is 0 Å². The molecule has 2 aromatic heterocycles. The third kappa shape index (κ3) is 5.51. The van der Waals surface area contributed by atoms with Crippen LogP contribution in [0.25, 0.3) is 10.9 Å². The standard InChI is InChI=1S/C26H32N6O2/c1-20(33)32-10-9-30(19-24-6-8-28-26(29-24)31-11-13-34-14-12-31)17-22(18-32)15-21-4-5-25-23(16-21)3-2-7-27-25/h2-8,16,22H,9-15,17-19H2,1H3/t22-/m1/s1. The number of amides is 1. The molecule has 2 fully saturated rings. The Labute approximate surface area is 200 Å². The van der Waals surface area contributed by atoms with Crippen molar-refractivity contribution in [3.63, 3.8) is 0 Å². The van der Waals surface area contributed by atoms with Gasteiger partial charge in [0.2, 0.25) is 11.9 Å². The second kappa shape index (κ2) is 10.4. The molecule has 4 heterocycles. The average Bonchev–Trinajstić information content (AvgIpc) is 3.07. The molecule has 34 heavy (non-hydrogen) atoms. The second-order valence-corrected chi connectivity index (χ2v) is 9.25. The van der Waals surface area contributed by atoms with Crippen molar-refractivity contribution in [3.05, 3.63) is 60.0 Å². The molecule has 0 bridgehead atoms. The first-order valence-corrected chi connectivity index (χ1v) is 12.1. The van der Waals surface area contributed by atoms with Gasteiger partial charge in [0.05, 0.1) is 24.4 Å². The molecule has 8 nitrogen and oxygen atoms in total. The predicted octanol–water partition coefficient (Wildman–Crippen LogP) is 2.38. The van der Waals surface area contributed by atoms with Gasteiger partial charge in [0.15, 0.2) is 0 Å². The van der Waals surface area contributed by atoms with Gasteiger partial charge in [-0.2, -0.15) is 0 Å². The summed E-state index contributed by atoms with van der Waals surface area (Å²) in [4.78, 5) is 32.7. The molecule has 0 aliphatic carbocycles. The van der Waals surface area contributed by atoms with E-state index in [1.54, 1.807) is 6.92 Å². The van der Waals surface area contributed by atoms with Gasteiger partial charge in [-0.05, 0) is 42.2 Å². The molecule has 2 aliphatic rings. The first-order valence-electron chi connectivity index (χ1n) is 12.1. The number of rotatable bonds is 5. The number of morpholine rings is 1. The third-order valence-corrected chi connectivity index (χ3v) is 6.70. The largest absolute Gasteiger partial charge is 0.378 e. The number of hydrogen-bond acceptors (Lipinski definition) is 7. The van der Waals surface area contributed by atoms with Crippen LogP contribution < -0.4 is 4.90 Å². The highest BCUT2D eigenvalue weighted by molar-refractivity contribution is 5.79. The van der Waals surface area contributed by atoms with E-state index in [4.69, 9.17) is 9.72 Å². The number of pyridine rings is 1. The molecule has 8 heteroatoms. The molecule has 5 rings (SSSR count). The molecule has 1 atom stereocenters. The highest BCUT2D eigenvalue weighted by Crippen LogP contribution is 2.21. The van der Waals surface area contributed by atoms with Gasteiger partial charge in [0.25, 0.3) is 0 Å². The van der Waals surface area contributed by atoms with Gasteiger partial charge >= 0.3 is 0 Å². The molecular formula is C26H32N6O2. The van der Waals surface area contributed by atoms with Crippen LogP contribution in [0.1, 0.15) is 18.2 Å². The Morgan fingerprint density at radius 1 is 1.03 bits per heavy atom. The molecule has 2 aliphatic heterocycles. The van der Waals surface area contributed by atoms with E-state index in [-0.39, 0.29) is 5.91 Å². The predicted molar refractivity (Wildman–Crippen MR) is 132 cm³/mol. The van der Waals surface area contributed by atoms with Crippen LogP contribution in [0.2, 0.25) is 0 Å². The van der Waals surface area contributed by atoms with Gasteiger partial charge in [-0.25, -0.2) is 9.97 Å². The molecule has 0 spiro atoms. The summed E-state index contributed by atoms with van der Waals surface area (Å²) >= 11 is 0. The van der Waals surface area contributed by atoms with E-state index in [1.165, 1.54) is 5.56 Å². The van der Waals surface area contributed by atoms with E-state index in [2.05, 4.69) is 44.0 Å². The Hall–Kier alpha value is -3.10. The van der Waals surface area contributed by atoms with Gasteiger partial charge in [-0.3, -0.25) is 14.7 Å². The van der Waals surface area contributed by atoms with E-state index < -0.39 is 0 Å². The zero-order chi connectivity index (χ0) is 23.3. The van der Waals surface area contributed by atoms with E-state index >= 15 is 0 Å². The number of fused-ring (bicyclic) bond motifs is 1. The third-order valence-electron chi connectivity index (χ3n) is 6.70. The minimum atomic E-state index is 0.145. The molecular weight excluding hydrogens is 428 g/mol. The smallest absolute Gasteiger partial charge is 0.225 e. The summed E-state index contributed by atoms with van der Waals surface area (Å²) in [6, 6.07) is 12.6. The van der Waals surface area contributed by atoms with Crippen molar-refractivity contribution >= 4 is 22.8 Å². The number of ether oxygens (including phenoxy) is 1. The summed E-state index contributed by atoms with van der Waals surface area (Å²) in [5.74, 6) is 1.27. The van der Waals surface area contributed by atoms with E-state index in [9.17, 15) is 4.79 Å². The van der Waals surface area contributed by atoms with Crippen LogP contribution in [0.15, 0.2) is 48.8 Å². The van der Waals surface area contributed by atoms with Crippen molar-refractivity contribution in [2.45, 2.75) is 19.9 Å². The van der Waals surface area contributed by atoms with E-state index in [0.717, 1.165) is 74.8 Å². The van der Waals surface area contributed by atoms with Gasteiger partial charge in [-0.1, -0.05) is 12.1 Å². The Morgan fingerprint density at radius 2 is 1.91 bits per heavy atom. The summed E-state index contributed by atoms with van der Waals surface area (Å²) < 4.78 is 5.46. The van der Waals surface area contributed by atoms with Crippen molar-refractivity contribution < 1.29 is 9.53 Å². The minimum Gasteiger partial charge on any atom is -0.378 e. The lowest BCUT2D eigenvalue weighted by atomic mass is 9.97. The molecule has 0 saturated carbocycles. The maximum atomic E-state index is 12.3. The van der Waals surface area contributed by atoms with Crippen LogP contribution in [-0.4, -0.2) is 83.1 Å². The molecule has 178 valence electrons. The van der Waals surface area contributed by atoms with Crippen LogP contribution in [0.3, 0.4) is 0 Å². The van der Waals surface area contributed by atoms with Crippen LogP contribution in [0, 0.1) is 5.92 Å². The zero-order valence-corrected chi connectivity index (χ0v) is 19.8. The first kappa shape index (κ1) is 22.7. The number of anilines is 1.